The van der Waals surface area contributed by atoms with Gasteiger partial charge in [0.25, 0.3) is 0 Å². The molecule has 0 radical (unpaired) electrons. The Bertz CT molecular complexity index is 1220. The first-order chi connectivity index (χ1) is 15.5. The van der Waals surface area contributed by atoms with Gasteiger partial charge in [0.15, 0.2) is 5.65 Å². The molecule has 1 aliphatic carbocycles. The fourth-order valence-corrected chi connectivity index (χ4v) is 4.88. The Labute approximate surface area is 200 Å². The molecule has 8 heteroatoms. The van der Waals surface area contributed by atoms with Gasteiger partial charge in [-0.15, -0.1) is 22.6 Å². The van der Waals surface area contributed by atoms with Gasteiger partial charge >= 0.3 is 0 Å². The maximum atomic E-state index is 6.05. The fourth-order valence-electron chi connectivity index (χ4n) is 4.88. The number of fused-ring (bicyclic) bond motifs is 1. The van der Waals surface area contributed by atoms with E-state index < -0.39 is 0 Å². The largest absolute Gasteiger partial charge is 0.420 e. The Morgan fingerprint density at radius 3 is 2.52 bits per heavy atom. The summed E-state index contributed by atoms with van der Waals surface area (Å²) in [4.78, 5) is 4.62. The van der Waals surface area contributed by atoms with Crippen LogP contribution in [0, 0.1) is 0 Å². The van der Waals surface area contributed by atoms with Gasteiger partial charge in [-0.2, -0.15) is 5.10 Å². The highest BCUT2D eigenvalue weighted by molar-refractivity contribution is 5.85. The standard InChI is InChI=1S/C25H30N6O.ClH/c1-4-20-21(22-27-14-5-15-31(22)30-20)25(2,3)18-10-6-16(7-11-18)23-28-29-24(32-23)17-8-12-19(26)13-9-17;/h5-7,10-11,14-15,17,19H,4,8-9,12-13,26H2,1-3H3;1H. The van der Waals surface area contributed by atoms with Crippen molar-refractivity contribution in [1.82, 2.24) is 24.8 Å². The summed E-state index contributed by atoms with van der Waals surface area (Å²) in [7, 11) is 0. The molecule has 0 amide bonds. The maximum Gasteiger partial charge on any atom is 0.247 e. The van der Waals surface area contributed by atoms with Crippen LogP contribution in [0.1, 0.15) is 75.1 Å². The lowest BCUT2D eigenvalue weighted by Crippen LogP contribution is -2.25. The summed E-state index contributed by atoms with van der Waals surface area (Å²) in [6, 6.07) is 10.6. The van der Waals surface area contributed by atoms with Gasteiger partial charge in [-0.25, -0.2) is 9.50 Å². The molecule has 5 rings (SSSR count). The van der Waals surface area contributed by atoms with Gasteiger partial charge in [0.1, 0.15) is 0 Å². The van der Waals surface area contributed by atoms with Crippen molar-refractivity contribution in [3.63, 3.8) is 0 Å². The fraction of sp³-hybridized carbons (Fsp3) is 0.440. The zero-order chi connectivity index (χ0) is 22.3. The second-order valence-corrected chi connectivity index (χ2v) is 9.32. The van der Waals surface area contributed by atoms with Crippen LogP contribution in [-0.4, -0.2) is 30.8 Å². The molecule has 0 unspecified atom stereocenters. The first kappa shape index (κ1) is 23.4. The Morgan fingerprint density at radius 1 is 1.09 bits per heavy atom. The summed E-state index contributed by atoms with van der Waals surface area (Å²) >= 11 is 0. The van der Waals surface area contributed by atoms with E-state index in [1.54, 1.807) is 0 Å². The number of nitrogens with zero attached hydrogens (tertiary/aromatic N) is 5. The molecular weight excluding hydrogens is 436 g/mol. The van der Waals surface area contributed by atoms with Crippen molar-refractivity contribution in [2.45, 2.75) is 70.3 Å². The van der Waals surface area contributed by atoms with Crippen LogP contribution in [0.4, 0.5) is 0 Å². The minimum absolute atomic E-state index is 0. The molecule has 3 aromatic heterocycles. The number of aryl methyl sites for hydroxylation is 1. The smallest absolute Gasteiger partial charge is 0.247 e. The highest BCUT2D eigenvalue weighted by Gasteiger charge is 2.31. The molecule has 0 bridgehead atoms. The Hall–Kier alpha value is -2.77. The van der Waals surface area contributed by atoms with E-state index in [4.69, 9.17) is 15.2 Å². The van der Waals surface area contributed by atoms with E-state index in [1.165, 1.54) is 11.1 Å². The van der Waals surface area contributed by atoms with E-state index in [0.717, 1.165) is 54.9 Å². The van der Waals surface area contributed by atoms with Gasteiger partial charge in [0.05, 0.1) is 5.69 Å². The Kier molecular flexibility index (Phi) is 6.54. The van der Waals surface area contributed by atoms with Crippen molar-refractivity contribution < 1.29 is 4.42 Å². The average Bonchev–Trinajstić information content (AvgIpc) is 3.45. The van der Waals surface area contributed by atoms with Crippen molar-refractivity contribution in [3.05, 3.63) is 65.4 Å². The minimum atomic E-state index is -0.249. The van der Waals surface area contributed by atoms with E-state index in [-0.39, 0.29) is 17.8 Å². The number of benzene rings is 1. The van der Waals surface area contributed by atoms with E-state index in [1.807, 2.05) is 23.0 Å². The number of hydrogen-bond donors (Lipinski definition) is 1. The quantitative estimate of drug-likeness (QED) is 0.441. The molecule has 1 aromatic carbocycles. The molecule has 3 heterocycles. The lowest BCUT2D eigenvalue weighted by molar-refractivity contribution is 0.341. The zero-order valence-corrected chi connectivity index (χ0v) is 20.2. The molecule has 0 spiro atoms. The third-order valence-electron chi connectivity index (χ3n) is 6.84. The van der Waals surface area contributed by atoms with Gasteiger partial charge in [-0.1, -0.05) is 32.9 Å². The van der Waals surface area contributed by atoms with Crippen LogP contribution in [0.3, 0.4) is 0 Å². The highest BCUT2D eigenvalue weighted by atomic mass is 35.5. The lowest BCUT2D eigenvalue weighted by Gasteiger charge is -2.26. The second kappa shape index (κ2) is 9.23. The van der Waals surface area contributed by atoms with Gasteiger partial charge in [-0.3, -0.25) is 0 Å². The van der Waals surface area contributed by atoms with Crippen molar-refractivity contribution in [2.75, 3.05) is 0 Å². The van der Waals surface area contributed by atoms with Crippen molar-refractivity contribution in [1.29, 1.82) is 0 Å². The monoisotopic (exact) mass is 466 g/mol. The zero-order valence-electron chi connectivity index (χ0n) is 19.4. The number of aromatic nitrogens is 5. The van der Waals surface area contributed by atoms with Crippen LogP contribution >= 0.6 is 12.4 Å². The molecule has 0 aliphatic heterocycles. The predicted octanol–water partition coefficient (Wildman–Crippen LogP) is 5.07. The molecule has 4 aromatic rings. The van der Waals surface area contributed by atoms with Crippen LogP contribution in [0.15, 0.2) is 47.1 Å². The second-order valence-electron chi connectivity index (χ2n) is 9.32. The van der Waals surface area contributed by atoms with Gasteiger partial charge in [-0.05, 0) is 55.9 Å². The van der Waals surface area contributed by atoms with E-state index in [0.29, 0.717) is 17.9 Å². The molecule has 0 saturated heterocycles. The van der Waals surface area contributed by atoms with Gasteiger partial charge in [0, 0.05) is 40.9 Å². The van der Waals surface area contributed by atoms with Crippen molar-refractivity contribution in [2.24, 2.45) is 5.73 Å². The highest BCUT2D eigenvalue weighted by Crippen LogP contribution is 2.37. The van der Waals surface area contributed by atoms with Crippen LogP contribution in [0.25, 0.3) is 17.1 Å². The summed E-state index contributed by atoms with van der Waals surface area (Å²) in [5, 5.41) is 13.4. The first-order valence-corrected chi connectivity index (χ1v) is 11.5. The normalized spacial score (nSPS) is 18.9. The van der Waals surface area contributed by atoms with Crippen molar-refractivity contribution >= 4 is 18.1 Å². The summed E-state index contributed by atoms with van der Waals surface area (Å²) in [5.41, 5.74) is 11.1. The molecule has 2 N–H and O–H groups in total. The van der Waals surface area contributed by atoms with Crippen LogP contribution in [0.5, 0.6) is 0 Å². The molecule has 33 heavy (non-hydrogen) atoms. The number of nitrogens with two attached hydrogens (primary N) is 1. The summed E-state index contributed by atoms with van der Waals surface area (Å²) in [6.45, 7) is 6.59. The van der Waals surface area contributed by atoms with Crippen LogP contribution in [-0.2, 0) is 11.8 Å². The van der Waals surface area contributed by atoms with Gasteiger partial charge < -0.3 is 10.2 Å². The molecule has 1 fully saturated rings. The van der Waals surface area contributed by atoms with Crippen LogP contribution in [0.2, 0.25) is 0 Å². The topological polar surface area (TPSA) is 95.1 Å². The average molecular weight is 467 g/mol. The van der Waals surface area contributed by atoms with E-state index in [2.05, 4.69) is 60.2 Å². The van der Waals surface area contributed by atoms with Crippen LogP contribution < -0.4 is 5.73 Å². The first-order valence-electron chi connectivity index (χ1n) is 11.5. The third kappa shape index (κ3) is 4.27. The molecule has 7 nitrogen and oxygen atoms in total. The molecule has 174 valence electrons. The number of rotatable bonds is 5. The van der Waals surface area contributed by atoms with E-state index >= 15 is 0 Å². The Balaban J connectivity index is 0.00000259. The predicted molar refractivity (Wildman–Crippen MR) is 131 cm³/mol. The van der Waals surface area contributed by atoms with E-state index in [9.17, 15) is 0 Å². The molecule has 1 aliphatic rings. The Morgan fingerprint density at radius 2 is 1.82 bits per heavy atom. The molecule has 0 atom stereocenters. The minimum Gasteiger partial charge on any atom is -0.420 e. The SMILES string of the molecule is CCc1nn2cccnc2c1C(C)(C)c1ccc(-c2nnc(C3CCC(N)CC3)o2)cc1.Cl. The number of hydrogen-bond acceptors (Lipinski definition) is 6. The summed E-state index contributed by atoms with van der Waals surface area (Å²) in [5.74, 6) is 1.64. The molecular formula is C25H31ClN6O. The summed E-state index contributed by atoms with van der Waals surface area (Å²) in [6.07, 6.45) is 8.71. The summed E-state index contributed by atoms with van der Waals surface area (Å²) < 4.78 is 7.93. The maximum absolute atomic E-state index is 6.05. The molecule has 1 saturated carbocycles. The number of halogens is 1. The third-order valence-corrected chi connectivity index (χ3v) is 6.84. The van der Waals surface area contributed by atoms with Crippen molar-refractivity contribution in [3.8, 4) is 11.5 Å². The van der Waals surface area contributed by atoms with Gasteiger partial charge in [0.2, 0.25) is 11.8 Å². The lowest BCUT2D eigenvalue weighted by atomic mass is 9.77.